The van der Waals surface area contributed by atoms with Crippen LogP contribution in [0.1, 0.15) is 13.8 Å². The maximum absolute atomic E-state index is 10.9. The van der Waals surface area contributed by atoms with Gasteiger partial charge in [0, 0.05) is 48.0 Å². The molecule has 0 unspecified atom stereocenters. The van der Waals surface area contributed by atoms with Gasteiger partial charge in [-0.15, -0.1) is 6.10 Å². The zero-order chi connectivity index (χ0) is 7.72. The molecule has 0 saturated carbocycles. The molecule has 0 amide bonds. The molecule has 1 aliphatic heterocycles. The topological polar surface area (TPSA) is 26.3 Å². The van der Waals surface area contributed by atoms with Gasteiger partial charge in [-0.05, 0) is 0 Å². The molecular formula is C8H12Mo2O2-2. The first-order valence-electron chi connectivity index (χ1n) is 3.50. The largest absolute Gasteiger partial charge is 0.527 e. The maximum atomic E-state index is 10.9. The van der Waals surface area contributed by atoms with Crippen LogP contribution in [0.3, 0.4) is 0 Å². The Kier molecular flexibility index (Phi) is 8.07. The maximum Gasteiger partial charge on any atom is 0.301 e. The van der Waals surface area contributed by atoms with Crippen LogP contribution in [0.4, 0.5) is 0 Å². The fourth-order valence-electron chi connectivity index (χ4n) is 1.02. The van der Waals surface area contributed by atoms with Gasteiger partial charge in [0.2, 0.25) is 0 Å². The molecule has 2 nitrogen and oxygen atoms in total. The van der Waals surface area contributed by atoms with Crippen LogP contribution in [0.25, 0.3) is 0 Å². The number of ether oxygens (including phenoxy) is 1. The molecule has 0 N–H and O–H groups in total. The Morgan fingerprint density at radius 3 is 2.33 bits per heavy atom. The Balaban J connectivity index is 0. The number of cyclic esters (lactones) is 1. The van der Waals surface area contributed by atoms with E-state index in [4.69, 9.17) is 4.74 Å². The average molecular weight is 332 g/mol. The quantitative estimate of drug-likeness (QED) is 0.379. The van der Waals surface area contributed by atoms with Gasteiger partial charge in [-0.1, -0.05) is 13.8 Å². The molecule has 0 spiro atoms. The van der Waals surface area contributed by atoms with Gasteiger partial charge in [-0.3, -0.25) is 4.79 Å². The minimum absolute atomic E-state index is 0. The van der Waals surface area contributed by atoms with Crippen LogP contribution in [-0.2, 0) is 51.7 Å². The van der Waals surface area contributed by atoms with E-state index in [9.17, 15) is 4.79 Å². The standard InChI is InChI=1S/C8H12O2.2Mo/c1-5-4-6(2)10-8(9)7(5)3;;/h4-7H,2H2,1,3H3;;/q-2;;/t5-,6+,7+;;/m0../s1. The molecule has 0 aromatic rings. The molecular weight excluding hydrogens is 320 g/mol. The molecule has 3 atom stereocenters. The second kappa shape index (κ2) is 6.32. The molecule has 1 heterocycles. The summed E-state index contributed by atoms with van der Waals surface area (Å²) in [5, 5.41) is 0. The minimum atomic E-state index is -0.251. The van der Waals surface area contributed by atoms with Gasteiger partial charge in [0.25, 0.3) is 0 Å². The average Bonchev–Trinajstić information content (AvgIpc) is 1.82. The first-order valence-corrected chi connectivity index (χ1v) is 3.50. The molecule has 1 fully saturated rings. The Bertz CT molecular complexity index is 150. The first kappa shape index (κ1) is 15.3. The van der Waals surface area contributed by atoms with Crippen LogP contribution in [0.5, 0.6) is 0 Å². The van der Waals surface area contributed by atoms with Gasteiger partial charge >= 0.3 is 5.97 Å². The molecule has 12 heavy (non-hydrogen) atoms. The molecule has 0 aromatic carbocycles. The number of hydrogen-bond donors (Lipinski definition) is 0. The first-order chi connectivity index (χ1) is 4.61. The monoisotopic (exact) mass is 336 g/mol. The van der Waals surface area contributed by atoms with E-state index in [1.807, 2.05) is 20.3 Å². The minimum Gasteiger partial charge on any atom is -0.527 e. The predicted molar refractivity (Wildman–Crippen MR) is 37.9 cm³/mol. The fraction of sp³-hybridized carbons (Fsp3) is 0.625. The molecule has 0 radical (unpaired) electrons. The fourth-order valence-corrected chi connectivity index (χ4v) is 1.02. The molecule has 1 aliphatic rings. The van der Waals surface area contributed by atoms with E-state index in [-0.39, 0.29) is 60.1 Å². The van der Waals surface area contributed by atoms with Crippen molar-refractivity contribution in [2.75, 3.05) is 0 Å². The van der Waals surface area contributed by atoms with Crippen LogP contribution in [0, 0.1) is 25.2 Å². The van der Waals surface area contributed by atoms with E-state index in [0.717, 1.165) is 0 Å². The van der Waals surface area contributed by atoms with Crippen molar-refractivity contribution in [2.24, 2.45) is 11.8 Å². The number of hydrogen-bond acceptors (Lipinski definition) is 2. The normalized spacial score (nSPS) is 34.2. The van der Waals surface area contributed by atoms with Crippen LogP contribution in [0.15, 0.2) is 0 Å². The zero-order valence-corrected chi connectivity index (χ0v) is 11.2. The third-order valence-corrected chi connectivity index (χ3v) is 1.95. The summed E-state index contributed by atoms with van der Waals surface area (Å²) in [7, 11) is 0. The Labute approximate surface area is 102 Å². The zero-order valence-electron chi connectivity index (χ0n) is 7.15. The van der Waals surface area contributed by atoms with E-state index < -0.39 is 0 Å². The van der Waals surface area contributed by atoms with E-state index in [1.165, 1.54) is 0 Å². The van der Waals surface area contributed by atoms with Crippen molar-refractivity contribution in [3.8, 4) is 0 Å². The van der Waals surface area contributed by atoms with Crippen molar-refractivity contribution < 1.29 is 51.7 Å². The van der Waals surface area contributed by atoms with Gasteiger partial charge in [0.15, 0.2) is 0 Å². The van der Waals surface area contributed by atoms with Gasteiger partial charge in [0.05, 0.1) is 0 Å². The van der Waals surface area contributed by atoms with Gasteiger partial charge in [-0.25, -0.2) is 0 Å². The Hall–Kier alpha value is 0.847. The second-order valence-corrected chi connectivity index (χ2v) is 2.82. The molecule has 1 saturated heterocycles. The third-order valence-electron chi connectivity index (χ3n) is 1.95. The summed E-state index contributed by atoms with van der Waals surface area (Å²) in [4.78, 5) is 10.9. The van der Waals surface area contributed by atoms with Crippen LogP contribution in [-0.4, -0.2) is 12.1 Å². The number of rotatable bonds is 0. The summed E-state index contributed by atoms with van der Waals surface area (Å²) in [6, 6.07) is 0. The summed E-state index contributed by atoms with van der Waals surface area (Å²) in [6.07, 6.45) is 1.70. The number of esters is 1. The number of carbonyl (C=O) groups excluding carboxylic acids is 1. The van der Waals surface area contributed by atoms with Crippen molar-refractivity contribution in [3.63, 3.8) is 0 Å². The van der Waals surface area contributed by atoms with E-state index in [0.29, 0.717) is 5.92 Å². The Morgan fingerprint density at radius 1 is 1.42 bits per heavy atom. The van der Waals surface area contributed by atoms with Crippen LogP contribution >= 0.6 is 0 Å². The summed E-state index contributed by atoms with van der Waals surface area (Å²) in [5.41, 5.74) is 0. The third kappa shape index (κ3) is 3.71. The van der Waals surface area contributed by atoms with E-state index in [2.05, 4.69) is 6.92 Å². The summed E-state index contributed by atoms with van der Waals surface area (Å²) >= 11 is 0. The Morgan fingerprint density at radius 2 is 1.92 bits per heavy atom. The molecule has 4 heteroatoms. The van der Waals surface area contributed by atoms with Crippen molar-refractivity contribution in [1.29, 1.82) is 0 Å². The van der Waals surface area contributed by atoms with Gasteiger partial charge in [0.1, 0.15) is 0 Å². The summed E-state index contributed by atoms with van der Waals surface area (Å²) < 4.78 is 4.86. The molecule has 0 aliphatic carbocycles. The molecule has 0 aromatic heterocycles. The smallest absolute Gasteiger partial charge is 0.301 e. The van der Waals surface area contributed by atoms with E-state index in [1.54, 1.807) is 0 Å². The van der Waals surface area contributed by atoms with Gasteiger partial charge in [-0.2, -0.15) is 5.92 Å². The van der Waals surface area contributed by atoms with E-state index >= 15 is 0 Å². The van der Waals surface area contributed by atoms with Crippen molar-refractivity contribution in [3.05, 3.63) is 13.3 Å². The van der Waals surface area contributed by atoms with Crippen LogP contribution < -0.4 is 0 Å². The molecule has 70 valence electrons. The van der Waals surface area contributed by atoms with Crippen molar-refractivity contribution in [1.82, 2.24) is 0 Å². The molecule has 1 rings (SSSR count). The SMILES string of the molecule is [CH2-][C@@H]1[CH-][C@H](C)[C@@H](C)C(=O)O1.[Mo].[Mo]. The van der Waals surface area contributed by atoms with Crippen molar-refractivity contribution >= 4 is 5.97 Å². The molecule has 0 bridgehead atoms. The summed E-state index contributed by atoms with van der Waals surface area (Å²) in [6.45, 7) is 7.51. The predicted octanol–water partition coefficient (Wildman–Crippen LogP) is 1.22. The van der Waals surface area contributed by atoms with Crippen molar-refractivity contribution in [2.45, 2.75) is 20.0 Å². The second-order valence-electron chi connectivity index (χ2n) is 2.82. The van der Waals surface area contributed by atoms with Gasteiger partial charge < -0.3 is 18.1 Å². The number of carbonyl (C=O) groups is 1. The van der Waals surface area contributed by atoms with Crippen LogP contribution in [0.2, 0.25) is 0 Å². The summed E-state index contributed by atoms with van der Waals surface area (Å²) in [5.74, 6) is 0.164.